The molecule has 0 aromatic heterocycles. The Balaban J connectivity index is 2.11. The first-order valence-electron chi connectivity index (χ1n) is 4.91. The summed E-state index contributed by atoms with van der Waals surface area (Å²) in [5.41, 5.74) is 5.36. The van der Waals surface area contributed by atoms with Crippen LogP contribution in [0.25, 0.3) is 0 Å². The number of rotatable bonds is 4. The van der Waals surface area contributed by atoms with E-state index in [1.54, 1.807) is 0 Å². The number of halogens is 3. The Morgan fingerprint density at radius 2 is 2.14 bits per heavy atom. The smallest absolute Gasteiger partial charge is 0.378 e. The third-order valence-electron chi connectivity index (χ3n) is 2.38. The zero-order valence-electron chi connectivity index (χ0n) is 8.02. The van der Waals surface area contributed by atoms with Crippen LogP contribution in [0.3, 0.4) is 0 Å². The molecule has 1 saturated heterocycles. The summed E-state index contributed by atoms with van der Waals surface area (Å²) >= 11 is 0. The Kier molecular flexibility index (Phi) is 4.19. The zero-order chi connectivity index (χ0) is 10.6. The molecule has 1 heterocycles. The Hall–Kier alpha value is -0.290. The van der Waals surface area contributed by atoms with E-state index in [9.17, 15) is 13.2 Å². The van der Waals surface area contributed by atoms with Crippen LogP contribution in [0.2, 0.25) is 0 Å². The van der Waals surface area contributed by atoms with Gasteiger partial charge in [-0.25, -0.2) is 0 Å². The molecule has 1 rings (SSSR count). The standard InChI is InChI=1S/C9H16F3NO/c10-9(11,12)6-7(13)3-4-8-2-1-5-14-8/h7-8H,1-6,13H2. The van der Waals surface area contributed by atoms with Gasteiger partial charge in [0.25, 0.3) is 0 Å². The van der Waals surface area contributed by atoms with Crippen molar-refractivity contribution in [2.45, 2.75) is 50.4 Å². The largest absolute Gasteiger partial charge is 0.390 e. The fraction of sp³-hybridized carbons (Fsp3) is 1.00. The van der Waals surface area contributed by atoms with E-state index in [1.165, 1.54) is 0 Å². The first-order valence-corrected chi connectivity index (χ1v) is 4.91. The van der Waals surface area contributed by atoms with E-state index in [0.717, 1.165) is 19.4 Å². The second-order valence-corrected chi connectivity index (χ2v) is 3.79. The minimum atomic E-state index is -4.14. The molecule has 14 heavy (non-hydrogen) atoms. The van der Waals surface area contributed by atoms with Crippen LogP contribution in [0.5, 0.6) is 0 Å². The topological polar surface area (TPSA) is 35.2 Å². The van der Waals surface area contributed by atoms with Gasteiger partial charge in [0.05, 0.1) is 12.5 Å². The molecule has 2 N–H and O–H groups in total. The first kappa shape index (κ1) is 11.8. The molecular weight excluding hydrogens is 195 g/mol. The molecule has 1 aliphatic rings. The first-order chi connectivity index (χ1) is 6.47. The van der Waals surface area contributed by atoms with Gasteiger partial charge < -0.3 is 10.5 Å². The molecule has 0 bridgehead atoms. The molecule has 0 spiro atoms. The van der Waals surface area contributed by atoms with E-state index in [4.69, 9.17) is 10.5 Å². The lowest BCUT2D eigenvalue weighted by atomic mass is 10.0. The fourth-order valence-electron chi connectivity index (χ4n) is 1.67. The summed E-state index contributed by atoms with van der Waals surface area (Å²) in [7, 11) is 0. The minimum Gasteiger partial charge on any atom is -0.378 e. The fourth-order valence-corrected chi connectivity index (χ4v) is 1.67. The maximum Gasteiger partial charge on any atom is 0.390 e. The lowest BCUT2D eigenvalue weighted by Gasteiger charge is -2.16. The van der Waals surface area contributed by atoms with Gasteiger partial charge in [0, 0.05) is 12.6 Å². The third-order valence-corrected chi connectivity index (χ3v) is 2.38. The highest BCUT2D eigenvalue weighted by Crippen LogP contribution is 2.24. The van der Waals surface area contributed by atoms with Crippen molar-refractivity contribution >= 4 is 0 Å². The molecule has 2 atom stereocenters. The van der Waals surface area contributed by atoms with Gasteiger partial charge in [0.1, 0.15) is 0 Å². The molecule has 2 nitrogen and oxygen atoms in total. The van der Waals surface area contributed by atoms with Gasteiger partial charge in [-0.05, 0) is 25.7 Å². The van der Waals surface area contributed by atoms with Crippen molar-refractivity contribution in [3.8, 4) is 0 Å². The molecule has 0 amide bonds. The number of hydrogen-bond donors (Lipinski definition) is 1. The van der Waals surface area contributed by atoms with Crippen molar-refractivity contribution in [3.05, 3.63) is 0 Å². The van der Waals surface area contributed by atoms with Gasteiger partial charge in [0.2, 0.25) is 0 Å². The van der Waals surface area contributed by atoms with Crippen LogP contribution in [0.4, 0.5) is 13.2 Å². The SMILES string of the molecule is NC(CCC1CCCO1)CC(F)(F)F. The Bertz CT molecular complexity index is 166. The predicted octanol–water partition coefficient (Wildman–Crippen LogP) is 2.23. The molecule has 0 aromatic carbocycles. The Morgan fingerprint density at radius 1 is 1.43 bits per heavy atom. The second kappa shape index (κ2) is 4.98. The predicted molar refractivity (Wildman–Crippen MR) is 46.9 cm³/mol. The minimum absolute atomic E-state index is 0.134. The molecule has 0 aliphatic carbocycles. The highest BCUT2D eigenvalue weighted by molar-refractivity contribution is 4.71. The van der Waals surface area contributed by atoms with Gasteiger partial charge in [-0.2, -0.15) is 13.2 Å². The van der Waals surface area contributed by atoms with Gasteiger partial charge in [-0.15, -0.1) is 0 Å². The average molecular weight is 211 g/mol. The number of ether oxygens (including phenoxy) is 1. The monoisotopic (exact) mass is 211 g/mol. The summed E-state index contributed by atoms with van der Waals surface area (Å²) in [5, 5.41) is 0. The molecule has 0 radical (unpaired) electrons. The second-order valence-electron chi connectivity index (χ2n) is 3.79. The molecular formula is C9H16F3NO. The van der Waals surface area contributed by atoms with Crippen LogP contribution in [0, 0.1) is 0 Å². The van der Waals surface area contributed by atoms with Crippen molar-refractivity contribution in [1.29, 1.82) is 0 Å². The maximum absolute atomic E-state index is 11.9. The summed E-state index contributed by atoms with van der Waals surface area (Å²) in [6.07, 6.45) is -1.89. The highest BCUT2D eigenvalue weighted by atomic mass is 19.4. The maximum atomic E-state index is 11.9. The van der Waals surface area contributed by atoms with E-state index in [1.807, 2.05) is 0 Å². The van der Waals surface area contributed by atoms with Gasteiger partial charge in [-0.1, -0.05) is 0 Å². The summed E-state index contributed by atoms with van der Waals surface area (Å²) < 4.78 is 41.0. The van der Waals surface area contributed by atoms with E-state index in [-0.39, 0.29) is 6.10 Å². The summed E-state index contributed by atoms with van der Waals surface area (Å²) in [5.74, 6) is 0. The Morgan fingerprint density at radius 3 is 2.64 bits per heavy atom. The van der Waals surface area contributed by atoms with Crippen molar-refractivity contribution in [3.63, 3.8) is 0 Å². The van der Waals surface area contributed by atoms with Crippen molar-refractivity contribution in [2.24, 2.45) is 5.73 Å². The highest BCUT2D eigenvalue weighted by Gasteiger charge is 2.30. The van der Waals surface area contributed by atoms with E-state index < -0.39 is 18.6 Å². The summed E-state index contributed by atoms with van der Waals surface area (Å²) in [6.45, 7) is 0.735. The lowest BCUT2D eigenvalue weighted by molar-refractivity contribution is -0.138. The molecule has 0 saturated carbocycles. The average Bonchev–Trinajstić information content (AvgIpc) is 2.49. The third kappa shape index (κ3) is 4.81. The van der Waals surface area contributed by atoms with Crippen molar-refractivity contribution in [1.82, 2.24) is 0 Å². The van der Waals surface area contributed by atoms with E-state index in [0.29, 0.717) is 12.8 Å². The number of hydrogen-bond acceptors (Lipinski definition) is 2. The Labute approximate surface area is 81.6 Å². The van der Waals surface area contributed by atoms with Gasteiger partial charge in [0.15, 0.2) is 0 Å². The van der Waals surface area contributed by atoms with E-state index in [2.05, 4.69) is 0 Å². The molecule has 0 aromatic rings. The van der Waals surface area contributed by atoms with Gasteiger partial charge in [-0.3, -0.25) is 0 Å². The van der Waals surface area contributed by atoms with Crippen LogP contribution >= 0.6 is 0 Å². The molecule has 1 fully saturated rings. The number of alkyl halides is 3. The summed E-state index contributed by atoms with van der Waals surface area (Å²) in [4.78, 5) is 0. The van der Waals surface area contributed by atoms with Crippen LogP contribution in [-0.2, 0) is 4.74 Å². The van der Waals surface area contributed by atoms with Crippen LogP contribution in [0.15, 0.2) is 0 Å². The molecule has 5 heteroatoms. The molecule has 84 valence electrons. The number of nitrogens with two attached hydrogens (primary N) is 1. The van der Waals surface area contributed by atoms with Crippen LogP contribution in [0.1, 0.15) is 32.1 Å². The van der Waals surface area contributed by atoms with E-state index >= 15 is 0 Å². The van der Waals surface area contributed by atoms with Gasteiger partial charge >= 0.3 is 6.18 Å². The summed E-state index contributed by atoms with van der Waals surface area (Å²) in [6, 6.07) is -0.779. The quantitative estimate of drug-likeness (QED) is 0.773. The van der Waals surface area contributed by atoms with Crippen molar-refractivity contribution in [2.75, 3.05) is 6.61 Å². The van der Waals surface area contributed by atoms with Crippen LogP contribution in [-0.4, -0.2) is 24.9 Å². The van der Waals surface area contributed by atoms with Crippen LogP contribution < -0.4 is 5.73 Å². The zero-order valence-corrected chi connectivity index (χ0v) is 8.02. The molecule has 2 unspecified atom stereocenters. The van der Waals surface area contributed by atoms with Crippen molar-refractivity contribution < 1.29 is 17.9 Å². The normalized spacial score (nSPS) is 25.3. The molecule has 1 aliphatic heterocycles. The lowest BCUT2D eigenvalue weighted by Crippen LogP contribution is -2.28.